The molecule has 2 heterocycles. The molecule has 1 fully saturated rings. The molecule has 25 heavy (non-hydrogen) atoms. The number of rotatable bonds is 6. The highest BCUT2D eigenvalue weighted by molar-refractivity contribution is 5.76. The number of aromatic nitrogens is 2. The summed E-state index contributed by atoms with van der Waals surface area (Å²) in [5.74, 6) is 1.02. The number of aryl methyl sites for hydroxylation is 2. The Hall–Kier alpha value is -2.63. The van der Waals surface area contributed by atoms with E-state index in [1.807, 2.05) is 11.0 Å². The Bertz CT molecular complexity index is 735. The normalized spacial score (nSPS) is 16.7. The van der Waals surface area contributed by atoms with Gasteiger partial charge in [0, 0.05) is 19.4 Å². The van der Waals surface area contributed by atoms with E-state index in [1.54, 1.807) is 6.20 Å². The lowest BCUT2D eigenvalue weighted by Gasteiger charge is -2.17. The van der Waals surface area contributed by atoms with Gasteiger partial charge in [0.15, 0.2) is 0 Å². The van der Waals surface area contributed by atoms with Crippen LogP contribution in [0.4, 0.5) is 0 Å². The monoisotopic (exact) mass is 341 g/mol. The van der Waals surface area contributed by atoms with Gasteiger partial charge in [-0.25, -0.2) is 0 Å². The molecule has 0 spiro atoms. The molecule has 2 aromatic rings. The molecule has 0 N–H and O–H groups in total. The summed E-state index contributed by atoms with van der Waals surface area (Å²) in [5, 5.41) is 0. The molecule has 1 saturated heterocycles. The third-order valence-electron chi connectivity index (χ3n) is 4.29. The third-order valence-corrected chi connectivity index (χ3v) is 4.29. The van der Waals surface area contributed by atoms with Gasteiger partial charge in [-0.1, -0.05) is 29.8 Å². The summed E-state index contributed by atoms with van der Waals surface area (Å²) < 4.78 is 10.9. The number of likely N-dealkylation sites (tertiary alicyclic amines) is 1. The van der Waals surface area contributed by atoms with Crippen LogP contribution in [0.3, 0.4) is 0 Å². The predicted molar refractivity (Wildman–Crippen MR) is 93.7 cm³/mol. The van der Waals surface area contributed by atoms with Crippen molar-refractivity contribution in [2.75, 3.05) is 20.2 Å². The molecule has 1 aliphatic heterocycles. The Labute approximate surface area is 147 Å². The van der Waals surface area contributed by atoms with Crippen LogP contribution in [0.25, 0.3) is 0 Å². The van der Waals surface area contributed by atoms with E-state index in [4.69, 9.17) is 9.47 Å². The molecule has 1 unspecified atom stereocenters. The van der Waals surface area contributed by atoms with Crippen LogP contribution in [0.2, 0.25) is 0 Å². The Morgan fingerprint density at radius 1 is 1.32 bits per heavy atom. The van der Waals surface area contributed by atoms with Crippen molar-refractivity contribution in [3.63, 3.8) is 0 Å². The fourth-order valence-electron chi connectivity index (χ4n) is 2.98. The summed E-state index contributed by atoms with van der Waals surface area (Å²) in [6, 6.07) is 8.29. The first-order valence-corrected chi connectivity index (χ1v) is 8.50. The predicted octanol–water partition coefficient (Wildman–Crippen LogP) is 2.41. The van der Waals surface area contributed by atoms with Crippen molar-refractivity contribution >= 4 is 5.91 Å². The summed E-state index contributed by atoms with van der Waals surface area (Å²) in [5.41, 5.74) is 2.42. The van der Waals surface area contributed by atoms with Gasteiger partial charge in [-0.2, -0.15) is 4.98 Å². The molecule has 132 valence electrons. The van der Waals surface area contributed by atoms with Crippen LogP contribution in [0, 0.1) is 6.92 Å². The number of carbonyl (C=O) groups excluding carboxylic acids is 1. The molecule has 1 amide bonds. The van der Waals surface area contributed by atoms with Gasteiger partial charge in [0.05, 0.1) is 26.0 Å². The molecule has 6 nitrogen and oxygen atoms in total. The zero-order valence-electron chi connectivity index (χ0n) is 14.6. The number of carbonyl (C=O) groups is 1. The van der Waals surface area contributed by atoms with E-state index in [0.29, 0.717) is 31.3 Å². The van der Waals surface area contributed by atoms with Crippen molar-refractivity contribution in [2.24, 2.45) is 0 Å². The van der Waals surface area contributed by atoms with Crippen LogP contribution >= 0.6 is 0 Å². The number of hydrogen-bond donors (Lipinski definition) is 0. The van der Waals surface area contributed by atoms with E-state index < -0.39 is 0 Å². The lowest BCUT2D eigenvalue weighted by atomic mass is 10.1. The zero-order chi connectivity index (χ0) is 17.6. The van der Waals surface area contributed by atoms with Crippen molar-refractivity contribution in [1.29, 1.82) is 0 Å². The third kappa shape index (κ3) is 4.68. The highest BCUT2D eigenvalue weighted by Crippen LogP contribution is 2.19. The minimum Gasteiger partial charge on any atom is -0.480 e. The lowest BCUT2D eigenvalue weighted by Crippen LogP contribution is -2.31. The molecular formula is C19H23N3O3. The zero-order valence-corrected chi connectivity index (χ0v) is 14.6. The first kappa shape index (κ1) is 17.2. The fourth-order valence-corrected chi connectivity index (χ4v) is 2.98. The highest BCUT2D eigenvalue weighted by atomic mass is 16.5. The van der Waals surface area contributed by atoms with Gasteiger partial charge in [-0.3, -0.25) is 9.78 Å². The number of methoxy groups -OCH3 is 1. The van der Waals surface area contributed by atoms with E-state index in [9.17, 15) is 4.79 Å². The Morgan fingerprint density at radius 2 is 2.16 bits per heavy atom. The molecule has 0 aliphatic carbocycles. The molecule has 1 aromatic heterocycles. The Kier molecular flexibility index (Phi) is 5.48. The van der Waals surface area contributed by atoms with Crippen molar-refractivity contribution in [1.82, 2.24) is 14.9 Å². The minimum absolute atomic E-state index is 0.0516. The van der Waals surface area contributed by atoms with Gasteiger partial charge in [-0.15, -0.1) is 0 Å². The Balaban J connectivity index is 1.49. The minimum atomic E-state index is -0.0516. The van der Waals surface area contributed by atoms with Gasteiger partial charge >= 0.3 is 0 Å². The maximum atomic E-state index is 12.4. The molecule has 6 heteroatoms. The van der Waals surface area contributed by atoms with Crippen LogP contribution in [0.15, 0.2) is 36.7 Å². The molecule has 0 bridgehead atoms. The first-order valence-electron chi connectivity index (χ1n) is 8.50. The SMILES string of the molecule is COc1cncc(OC2CCN(C(=O)CCc3cccc(C)c3)C2)n1. The number of nitrogens with zero attached hydrogens (tertiary/aromatic N) is 3. The van der Waals surface area contributed by atoms with Gasteiger partial charge < -0.3 is 14.4 Å². The number of hydrogen-bond acceptors (Lipinski definition) is 5. The fraction of sp³-hybridized carbons (Fsp3) is 0.421. The van der Waals surface area contributed by atoms with E-state index >= 15 is 0 Å². The van der Waals surface area contributed by atoms with Crippen LogP contribution < -0.4 is 9.47 Å². The molecule has 1 aliphatic rings. The summed E-state index contributed by atoms with van der Waals surface area (Å²) in [7, 11) is 1.54. The van der Waals surface area contributed by atoms with Crippen molar-refractivity contribution < 1.29 is 14.3 Å². The van der Waals surface area contributed by atoms with E-state index in [2.05, 4.69) is 35.1 Å². The Morgan fingerprint density at radius 3 is 2.96 bits per heavy atom. The van der Waals surface area contributed by atoms with Gasteiger partial charge in [-0.05, 0) is 18.9 Å². The molecule has 1 aromatic carbocycles. The number of amides is 1. The summed E-state index contributed by atoms with van der Waals surface area (Å²) in [6.45, 7) is 3.37. The maximum absolute atomic E-state index is 12.4. The van der Waals surface area contributed by atoms with Crippen LogP contribution in [0.5, 0.6) is 11.8 Å². The second-order valence-corrected chi connectivity index (χ2v) is 6.26. The van der Waals surface area contributed by atoms with Gasteiger partial charge in [0.25, 0.3) is 0 Å². The van der Waals surface area contributed by atoms with Gasteiger partial charge in [0.1, 0.15) is 6.10 Å². The number of ether oxygens (including phenoxy) is 2. The molecule has 1 atom stereocenters. The molecular weight excluding hydrogens is 318 g/mol. The van der Waals surface area contributed by atoms with Crippen molar-refractivity contribution in [3.8, 4) is 11.8 Å². The van der Waals surface area contributed by atoms with Crippen molar-refractivity contribution in [2.45, 2.75) is 32.3 Å². The second kappa shape index (κ2) is 7.96. The summed E-state index contributed by atoms with van der Waals surface area (Å²) in [6.07, 6.45) is 5.13. The average molecular weight is 341 g/mol. The largest absolute Gasteiger partial charge is 0.480 e. The highest BCUT2D eigenvalue weighted by Gasteiger charge is 2.27. The number of benzene rings is 1. The summed E-state index contributed by atoms with van der Waals surface area (Å²) >= 11 is 0. The lowest BCUT2D eigenvalue weighted by molar-refractivity contribution is -0.130. The van der Waals surface area contributed by atoms with Crippen molar-refractivity contribution in [3.05, 3.63) is 47.8 Å². The van der Waals surface area contributed by atoms with Crippen LogP contribution in [-0.2, 0) is 11.2 Å². The average Bonchev–Trinajstić information content (AvgIpc) is 3.08. The van der Waals surface area contributed by atoms with Crippen LogP contribution in [-0.4, -0.2) is 47.1 Å². The topological polar surface area (TPSA) is 64.6 Å². The molecule has 0 radical (unpaired) electrons. The first-order chi connectivity index (χ1) is 12.1. The molecule has 0 saturated carbocycles. The molecule has 3 rings (SSSR count). The summed E-state index contributed by atoms with van der Waals surface area (Å²) in [4.78, 5) is 22.5. The second-order valence-electron chi connectivity index (χ2n) is 6.26. The van der Waals surface area contributed by atoms with Crippen LogP contribution in [0.1, 0.15) is 24.0 Å². The van der Waals surface area contributed by atoms with E-state index in [1.165, 1.54) is 24.4 Å². The smallest absolute Gasteiger partial charge is 0.235 e. The standard InChI is InChI=1S/C19H23N3O3/c1-14-4-3-5-15(10-14)6-7-19(23)22-9-8-16(13-22)25-18-12-20-11-17(21-18)24-2/h3-5,10-12,16H,6-9,13H2,1-2H3. The van der Waals surface area contributed by atoms with E-state index in [0.717, 1.165) is 12.8 Å². The maximum Gasteiger partial charge on any atom is 0.235 e. The van der Waals surface area contributed by atoms with E-state index in [-0.39, 0.29) is 12.0 Å². The quantitative estimate of drug-likeness (QED) is 0.807. The van der Waals surface area contributed by atoms with Gasteiger partial charge in [0.2, 0.25) is 17.7 Å².